The van der Waals surface area contributed by atoms with Crippen molar-refractivity contribution >= 4 is 11.6 Å². The highest BCUT2D eigenvalue weighted by atomic mass is 35.5. The van der Waals surface area contributed by atoms with Crippen molar-refractivity contribution in [2.45, 2.75) is 52.5 Å². The summed E-state index contributed by atoms with van der Waals surface area (Å²) in [4.78, 5) is 0. The zero-order chi connectivity index (χ0) is 13.3. The normalized spacial score (nSPS) is 20.1. The lowest BCUT2D eigenvalue weighted by molar-refractivity contribution is 0.390. The molecule has 18 heavy (non-hydrogen) atoms. The molecule has 1 heterocycles. The second-order valence-corrected chi connectivity index (χ2v) is 5.75. The number of rotatable bonds is 2. The van der Waals surface area contributed by atoms with Crippen molar-refractivity contribution in [2.24, 2.45) is 0 Å². The van der Waals surface area contributed by atoms with Crippen LogP contribution in [0.15, 0.2) is 0 Å². The zero-order valence-electron chi connectivity index (χ0n) is 11.4. The molecule has 1 fully saturated rings. The zero-order valence-corrected chi connectivity index (χ0v) is 12.2. The summed E-state index contributed by atoms with van der Waals surface area (Å²) in [6.07, 6.45) is 4.59. The quantitative estimate of drug-likeness (QED) is 0.857. The third kappa shape index (κ3) is 2.50. The van der Waals surface area contributed by atoms with Gasteiger partial charge in [-0.2, -0.15) is 0 Å². The Morgan fingerprint density at radius 2 is 1.89 bits per heavy atom. The first-order valence-electron chi connectivity index (χ1n) is 6.72. The predicted octanol–water partition coefficient (Wildman–Crippen LogP) is 3.66. The van der Waals surface area contributed by atoms with Crippen molar-refractivity contribution in [3.63, 3.8) is 0 Å². The van der Waals surface area contributed by atoms with Gasteiger partial charge < -0.3 is 10.4 Å². The fraction of sp³-hybridized carbons (Fsp3) is 0.600. The Hall–Kier alpha value is -0.730. The average molecular weight is 268 g/mol. The van der Waals surface area contributed by atoms with Gasteiger partial charge in [0.2, 0.25) is 0 Å². The molecule has 0 radical (unpaired) electrons. The second kappa shape index (κ2) is 5.50. The topological polar surface area (TPSA) is 32.3 Å². The number of aromatic hydroxyl groups is 1. The van der Waals surface area contributed by atoms with Crippen LogP contribution in [0, 0.1) is 20.8 Å². The lowest BCUT2D eigenvalue weighted by Crippen LogP contribution is -2.35. The van der Waals surface area contributed by atoms with E-state index in [1.807, 2.05) is 20.8 Å². The van der Waals surface area contributed by atoms with E-state index in [1.54, 1.807) is 0 Å². The van der Waals surface area contributed by atoms with Crippen LogP contribution in [0.1, 0.15) is 41.5 Å². The maximum Gasteiger partial charge on any atom is 0.122 e. The number of hydrogen-bond acceptors (Lipinski definition) is 2. The molecule has 0 amide bonds. The van der Waals surface area contributed by atoms with E-state index in [0.717, 1.165) is 40.2 Å². The van der Waals surface area contributed by atoms with Gasteiger partial charge in [-0.1, -0.05) is 18.0 Å². The van der Waals surface area contributed by atoms with E-state index >= 15 is 0 Å². The minimum absolute atomic E-state index is 0.432. The lowest BCUT2D eigenvalue weighted by atomic mass is 9.91. The molecule has 0 saturated carbocycles. The smallest absolute Gasteiger partial charge is 0.122 e. The van der Waals surface area contributed by atoms with Crippen LogP contribution in [-0.2, 0) is 6.42 Å². The molecule has 1 atom stereocenters. The molecule has 2 N–H and O–H groups in total. The van der Waals surface area contributed by atoms with Crippen molar-refractivity contribution in [3.05, 3.63) is 27.3 Å². The van der Waals surface area contributed by atoms with E-state index in [9.17, 15) is 5.11 Å². The van der Waals surface area contributed by atoms with E-state index in [1.165, 1.54) is 19.3 Å². The average Bonchev–Trinajstić information content (AvgIpc) is 2.40. The monoisotopic (exact) mass is 267 g/mol. The van der Waals surface area contributed by atoms with E-state index in [4.69, 9.17) is 11.6 Å². The van der Waals surface area contributed by atoms with Gasteiger partial charge in [0.05, 0.1) is 0 Å². The lowest BCUT2D eigenvalue weighted by Gasteiger charge is -2.25. The number of benzene rings is 1. The molecule has 0 aliphatic carbocycles. The fourth-order valence-corrected chi connectivity index (χ4v) is 3.01. The summed E-state index contributed by atoms with van der Waals surface area (Å²) in [5, 5.41) is 14.7. The van der Waals surface area contributed by atoms with E-state index < -0.39 is 0 Å². The Bertz CT molecular complexity index is 421. The maximum atomic E-state index is 10.3. The summed E-state index contributed by atoms with van der Waals surface area (Å²) < 4.78 is 0. The Morgan fingerprint density at radius 1 is 1.17 bits per heavy atom. The molecule has 100 valence electrons. The number of halogens is 1. The summed E-state index contributed by atoms with van der Waals surface area (Å²) in [5.74, 6) is 0.432. The minimum Gasteiger partial charge on any atom is -0.507 e. The highest BCUT2D eigenvalue weighted by Gasteiger charge is 2.20. The van der Waals surface area contributed by atoms with Gasteiger partial charge in [0.25, 0.3) is 0 Å². The molecule has 0 spiro atoms. The molecule has 1 aromatic rings. The van der Waals surface area contributed by atoms with Gasteiger partial charge in [-0.3, -0.25) is 0 Å². The Morgan fingerprint density at radius 3 is 2.50 bits per heavy atom. The summed E-state index contributed by atoms with van der Waals surface area (Å²) >= 11 is 6.35. The van der Waals surface area contributed by atoms with Crippen LogP contribution in [0.25, 0.3) is 0 Å². The number of piperidine rings is 1. The fourth-order valence-electron chi connectivity index (χ4n) is 2.75. The molecule has 0 bridgehead atoms. The van der Waals surface area contributed by atoms with E-state index in [-0.39, 0.29) is 0 Å². The van der Waals surface area contributed by atoms with Crippen molar-refractivity contribution in [1.82, 2.24) is 5.32 Å². The van der Waals surface area contributed by atoms with Crippen LogP contribution in [0.5, 0.6) is 5.75 Å². The highest BCUT2D eigenvalue weighted by molar-refractivity contribution is 6.32. The number of phenolic OH excluding ortho intramolecular Hbond substituents is 1. The van der Waals surface area contributed by atoms with E-state index in [0.29, 0.717) is 11.8 Å². The molecule has 1 aliphatic rings. The van der Waals surface area contributed by atoms with Crippen LogP contribution in [0.2, 0.25) is 5.02 Å². The molecule has 1 saturated heterocycles. The Balaban J connectivity index is 2.32. The molecule has 0 aromatic heterocycles. The van der Waals surface area contributed by atoms with Gasteiger partial charge >= 0.3 is 0 Å². The minimum atomic E-state index is 0.432. The molecular formula is C15H22ClNO. The number of nitrogens with one attached hydrogen (secondary N) is 1. The number of phenols is 1. The van der Waals surface area contributed by atoms with Crippen molar-refractivity contribution in [2.75, 3.05) is 6.54 Å². The first kappa shape index (κ1) is 13.7. The van der Waals surface area contributed by atoms with Gasteiger partial charge in [-0.15, -0.1) is 0 Å². The maximum absolute atomic E-state index is 10.3. The van der Waals surface area contributed by atoms with Crippen LogP contribution in [0.4, 0.5) is 0 Å². The molecule has 1 aromatic carbocycles. The summed E-state index contributed by atoms with van der Waals surface area (Å²) in [5.41, 5.74) is 3.95. The molecule has 2 nitrogen and oxygen atoms in total. The summed E-state index contributed by atoms with van der Waals surface area (Å²) in [7, 11) is 0. The van der Waals surface area contributed by atoms with E-state index in [2.05, 4.69) is 5.32 Å². The number of hydrogen-bond donors (Lipinski definition) is 2. The SMILES string of the molecule is Cc1c(C)c(Cl)c(C)c(CC2CCCCN2)c1O. The summed E-state index contributed by atoms with van der Waals surface area (Å²) in [6.45, 7) is 7.00. The third-order valence-electron chi connectivity index (χ3n) is 4.18. The highest BCUT2D eigenvalue weighted by Crippen LogP contribution is 2.36. The molecule has 3 heteroatoms. The van der Waals surface area contributed by atoms with Crippen molar-refractivity contribution in [1.29, 1.82) is 0 Å². The van der Waals surface area contributed by atoms with Gasteiger partial charge in [-0.05, 0) is 63.3 Å². The van der Waals surface area contributed by atoms with Crippen molar-refractivity contribution in [3.8, 4) is 5.75 Å². The first-order chi connectivity index (χ1) is 8.52. The van der Waals surface area contributed by atoms with Crippen LogP contribution in [0.3, 0.4) is 0 Å². The van der Waals surface area contributed by atoms with Gasteiger partial charge in [0, 0.05) is 16.6 Å². The van der Waals surface area contributed by atoms with Gasteiger partial charge in [0.1, 0.15) is 5.75 Å². The molecule has 1 unspecified atom stereocenters. The van der Waals surface area contributed by atoms with Crippen molar-refractivity contribution < 1.29 is 5.11 Å². The predicted molar refractivity (Wildman–Crippen MR) is 76.7 cm³/mol. The van der Waals surface area contributed by atoms with Crippen LogP contribution >= 0.6 is 11.6 Å². The molecule has 2 rings (SSSR count). The second-order valence-electron chi connectivity index (χ2n) is 5.37. The largest absolute Gasteiger partial charge is 0.507 e. The Kier molecular flexibility index (Phi) is 4.18. The third-order valence-corrected chi connectivity index (χ3v) is 4.74. The summed E-state index contributed by atoms with van der Waals surface area (Å²) in [6, 6.07) is 0.474. The van der Waals surface area contributed by atoms with Crippen LogP contribution in [-0.4, -0.2) is 17.7 Å². The van der Waals surface area contributed by atoms with Crippen LogP contribution < -0.4 is 5.32 Å². The standard InChI is InChI=1S/C15H22ClNO/c1-9-10(2)15(18)13(11(3)14(9)16)8-12-6-4-5-7-17-12/h12,17-18H,4-8H2,1-3H3. The molecular weight excluding hydrogens is 246 g/mol. The molecule has 1 aliphatic heterocycles. The van der Waals surface area contributed by atoms with Gasteiger partial charge in [0.15, 0.2) is 0 Å². The first-order valence-corrected chi connectivity index (χ1v) is 7.10. The Labute approximate surface area is 114 Å². The van der Waals surface area contributed by atoms with Gasteiger partial charge in [-0.25, -0.2) is 0 Å².